The summed E-state index contributed by atoms with van der Waals surface area (Å²) in [5, 5.41) is 8.90. The minimum atomic E-state index is -0.179. The Balaban J connectivity index is 2.68. The van der Waals surface area contributed by atoms with Gasteiger partial charge in [-0.3, -0.25) is 4.90 Å². The van der Waals surface area contributed by atoms with E-state index in [1.54, 1.807) is 19.1 Å². The van der Waals surface area contributed by atoms with Crippen molar-refractivity contribution >= 4 is 0 Å². The summed E-state index contributed by atoms with van der Waals surface area (Å²) in [6.45, 7) is 7.57. The molecule has 0 aliphatic rings. The van der Waals surface area contributed by atoms with E-state index in [0.29, 0.717) is 18.7 Å². The van der Waals surface area contributed by atoms with Gasteiger partial charge in [0.1, 0.15) is 5.82 Å². The van der Waals surface area contributed by atoms with Crippen LogP contribution in [0.3, 0.4) is 0 Å². The van der Waals surface area contributed by atoms with Crippen molar-refractivity contribution in [2.45, 2.75) is 13.5 Å². The second-order valence-corrected chi connectivity index (χ2v) is 3.83. The van der Waals surface area contributed by atoms with Gasteiger partial charge in [-0.2, -0.15) is 0 Å². The molecule has 1 N–H and O–H groups in total. The van der Waals surface area contributed by atoms with Gasteiger partial charge in [0.2, 0.25) is 0 Å². The fourth-order valence-electron chi connectivity index (χ4n) is 1.62. The number of aliphatic hydroxyl groups excluding tert-OH is 1. The van der Waals surface area contributed by atoms with Crippen LogP contribution in [0, 0.1) is 12.7 Å². The van der Waals surface area contributed by atoms with Gasteiger partial charge < -0.3 is 5.11 Å². The lowest BCUT2D eigenvalue weighted by Crippen LogP contribution is -2.26. The van der Waals surface area contributed by atoms with E-state index in [0.717, 1.165) is 12.1 Å². The molecule has 3 heteroatoms. The number of benzene rings is 1. The van der Waals surface area contributed by atoms with Crippen LogP contribution in [0.1, 0.15) is 11.1 Å². The van der Waals surface area contributed by atoms with Crippen LogP contribution in [0.15, 0.2) is 30.9 Å². The number of nitrogens with zero attached hydrogens (tertiary/aromatic N) is 1. The van der Waals surface area contributed by atoms with Crippen molar-refractivity contribution in [2.24, 2.45) is 0 Å². The summed E-state index contributed by atoms with van der Waals surface area (Å²) < 4.78 is 13.1. The third-order valence-electron chi connectivity index (χ3n) is 2.43. The number of hydrogen-bond donors (Lipinski definition) is 1. The smallest absolute Gasteiger partial charge is 0.126 e. The second kappa shape index (κ2) is 6.40. The summed E-state index contributed by atoms with van der Waals surface area (Å²) in [4.78, 5) is 2.06. The normalized spacial score (nSPS) is 10.8. The lowest BCUT2D eigenvalue weighted by Gasteiger charge is -2.19. The van der Waals surface area contributed by atoms with Gasteiger partial charge in [-0.25, -0.2) is 4.39 Å². The van der Waals surface area contributed by atoms with Crippen LogP contribution in [-0.2, 0) is 6.54 Å². The molecule has 0 aromatic heterocycles. The molecule has 2 nitrogen and oxygen atoms in total. The highest BCUT2D eigenvalue weighted by Gasteiger charge is 2.05. The van der Waals surface area contributed by atoms with Gasteiger partial charge in [-0.1, -0.05) is 18.2 Å². The van der Waals surface area contributed by atoms with E-state index in [2.05, 4.69) is 11.5 Å². The Bertz CT molecular complexity index is 352. The topological polar surface area (TPSA) is 23.5 Å². The largest absolute Gasteiger partial charge is 0.395 e. The molecule has 1 rings (SSSR count). The van der Waals surface area contributed by atoms with Crippen molar-refractivity contribution in [3.8, 4) is 0 Å². The monoisotopic (exact) mass is 223 g/mol. The van der Waals surface area contributed by atoms with E-state index < -0.39 is 0 Å². The first-order chi connectivity index (χ1) is 7.67. The number of rotatable bonds is 6. The van der Waals surface area contributed by atoms with Crippen LogP contribution < -0.4 is 0 Å². The van der Waals surface area contributed by atoms with Crippen LogP contribution in [0.25, 0.3) is 0 Å². The van der Waals surface area contributed by atoms with Crippen molar-refractivity contribution in [3.63, 3.8) is 0 Å². The molecule has 0 unspecified atom stereocenters. The van der Waals surface area contributed by atoms with Crippen molar-refractivity contribution in [1.82, 2.24) is 4.90 Å². The van der Waals surface area contributed by atoms with Crippen LogP contribution >= 0.6 is 0 Å². The molecule has 0 aliphatic carbocycles. The maximum absolute atomic E-state index is 13.1. The quantitative estimate of drug-likeness (QED) is 0.747. The van der Waals surface area contributed by atoms with E-state index >= 15 is 0 Å². The molecule has 1 aromatic carbocycles. The Morgan fingerprint density at radius 3 is 2.81 bits per heavy atom. The third-order valence-corrected chi connectivity index (χ3v) is 2.43. The van der Waals surface area contributed by atoms with Gasteiger partial charge in [-0.05, 0) is 24.1 Å². The Labute approximate surface area is 96.0 Å². The van der Waals surface area contributed by atoms with Crippen LogP contribution in [0.4, 0.5) is 4.39 Å². The zero-order valence-corrected chi connectivity index (χ0v) is 9.62. The van der Waals surface area contributed by atoms with Gasteiger partial charge in [0.25, 0.3) is 0 Å². The van der Waals surface area contributed by atoms with E-state index in [1.807, 2.05) is 6.07 Å². The van der Waals surface area contributed by atoms with Crippen LogP contribution in [0.5, 0.6) is 0 Å². The van der Waals surface area contributed by atoms with Crippen molar-refractivity contribution in [1.29, 1.82) is 0 Å². The molecule has 0 atom stereocenters. The minimum absolute atomic E-state index is 0.119. The molecule has 16 heavy (non-hydrogen) atoms. The summed E-state index contributed by atoms with van der Waals surface area (Å²) in [5.41, 5.74) is 1.70. The lowest BCUT2D eigenvalue weighted by molar-refractivity contribution is 0.203. The summed E-state index contributed by atoms with van der Waals surface area (Å²) in [6, 6.07) is 5.09. The van der Waals surface area contributed by atoms with Crippen molar-refractivity contribution < 1.29 is 9.50 Å². The Kier molecular flexibility index (Phi) is 5.15. The standard InChI is InChI=1S/C13H18FNO/c1-3-6-15(7-8-16)10-12-4-5-13(14)11(2)9-12/h3-5,9,16H,1,6-8,10H2,2H3. The van der Waals surface area contributed by atoms with Gasteiger partial charge in [0, 0.05) is 19.6 Å². The van der Waals surface area contributed by atoms with Gasteiger partial charge >= 0.3 is 0 Å². The minimum Gasteiger partial charge on any atom is -0.395 e. The van der Waals surface area contributed by atoms with E-state index in [4.69, 9.17) is 5.11 Å². The molecular formula is C13H18FNO. The molecule has 0 amide bonds. The maximum atomic E-state index is 13.1. The fourth-order valence-corrected chi connectivity index (χ4v) is 1.62. The average Bonchev–Trinajstić information content (AvgIpc) is 2.24. The number of aliphatic hydroxyl groups is 1. The van der Waals surface area contributed by atoms with Crippen LogP contribution in [-0.4, -0.2) is 29.7 Å². The molecule has 0 radical (unpaired) electrons. The average molecular weight is 223 g/mol. The van der Waals surface area contributed by atoms with Crippen molar-refractivity contribution in [3.05, 3.63) is 47.8 Å². The Hall–Kier alpha value is -1.19. The van der Waals surface area contributed by atoms with Gasteiger partial charge in [0.15, 0.2) is 0 Å². The molecule has 0 spiro atoms. The highest BCUT2D eigenvalue weighted by Crippen LogP contribution is 2.11. The molecule has 0 aliphatic heterocycles. The van der Waals surface area contributed by atoms with Gasteiger partial charge in [-0.15, -0.1) is 6.58 Å². The summed E-state index contributed by atoms with van der Waals surface area (Å²) >= 11 is 0. The molecule has 0 saturated carbocycles. The summed E-state index contributed by atoms with van der Waals surface area (Å²) in [6.07, 6.45) is 1.80. The Morgan fingerprint density at radius 2 is 2.25 bits per heavy atom. The predicted molar refractivity (Wildman–Crippen MR) is 63.7 cm³/mol. The molecule has 0 saturated heterocycles. The zero-order valence-electron chi connectivity index (χ0n) is 9.62. The second-order valence-electron chi connectivity index (χ2n) is 3.83. The zero-order chi connectivity index (χ0) is 12.0. The molecule has 0 fully saturated rings. The first kappa shape index (κ1) is 12.9. The first-order valence-corrected chi connectivity index (χ1v) is 5.36. The summed E-state index contributed by atoms with van der Waals surface area (Å²) in [5.74, 6) is -0.179. The summed E-state index contributed by atoms with van der Waals surface area (Å²) in [7, 11) is 0. The molecule has 0 heterocycles. The fraction of sp³-hybridized carbons (Fsp3) is 0.385. The van der Waals surface area contributed by atoms with E-state index in [9.17, 15) is 4.39 Å². The molecule has 88 valence electrons. The Morgan fingerprint density at radius 1 is 1.50 bits per heavy atom. The van der Waals surface area contributed by atoms with E-state index in [-0.39, 0.29) is 12.4 Å². The predicted octanol–water partition coefficient (Wildman–Crippen LogP) is 2.11. The number of aryl methyl sites for hydroxylation is 1. The molecular weight excluding hydrogens is 205 g/mol. The van der Waals surface area contributed by atoms with Crippen molar-refractivity contribution in [2.75, 3.05) is 19.7 Å². The molecule has 0 bridgehead atoms. The molecule has 1 aromatic rings. The maximum Gasteiger partial charge on any atom is 0.126 e. The SMILES string of the molecule is C=CCN(CCO)Cc1ccc(F)c(C)c1. The lowest BCUT2D eigenvalue weighted by atomic mass is 10.1. The van der Waals surface area contributed by atoms with E-state index in [1.165, 1.54) is 6.07 Å². The highest BCUT2D eigenvalue weighted by molar-refractivity contribution is 5.23. The first-order valence-electron chi connectivity index (χ1n) is 5.36. The highest BCUT2D eigenvalue weighted by atomic mass is 19.1. The van der Waals surface area contributed by atoms with Crippen LogP contribution in [0.2, 0.25) is 0 Å². The number of halogens is 1. The van der Waals surface area contributed by atoms with Gasteiger partial charge in [0.05, 0.1) is 6.61 Å². The third kappa shape index (κ3) is 3.76. The number of hydrogen-bond acceptors (Lipinski definition) is 2.